The first-order chi connectivity index (χ1) is 19.0. The molecule has 0 aliphatic carbocycles. The number of aryl methyl sites for hydroxylation is 3. The number of hydrazone groups is 1. The van der Waals surface area contributed by atoms with Gasteiger partial charge in [0.15, 0.2) is 0 Å². The van der Waals surface area contributed by atoms with E-state index in [-0.39, 0.29) is 4.90 Å². The minimum atomic E-state index is -4.00. The van der Waals surface area contributed by atoms with Gasteiger partial charge in [0.2, 0.25) is 0 Å². The van der Waals surface area contributed by atoms with Gasteiger partial charge in [-0.3, -0.25) is 9.10 Å². The van der Waals surface area contributed by atoms with Gasteiger partial charge in [0.1, 0.15) is 6.54 Å². The number of carbonyl (C=O) groups excluding carboxylic acids is 1. The van der Waals surface area contributed by atoms with Crippen molar-refractivity contribution in [1.82, 2.24) is 9.99 Å². The molecule has 0 unspecified atom stereocenters. The highest BCUT2D eigenvalue weighted by Crippen LogP contribution is 2.26. The van der Waals surface area contributed by atoms with Crippen molar-refractivity contribution in [2.75, 3.05) is 10.8 Å². The number of nitrogens with zero attached hydrogens (tertiary/aromatic N) is 3. The molecule has 4 aromatic rings. The maximum atomic E-state index is 13.6. The first-order valence-electron chi connectivity index (χ1n) is 13.2. The van der Waals surface area contributed by atoms with Crippen LogP contribution in [0.25, 0.3) is 5.69 Å². The molecule has 0 bridgehead atoms. The lowest BCUT2D eigenvalue weighted by molar-refractivity contribution is -0.119. The summed E-state index contributed by atoms with van der Waals surface area (Å²) in [4.78, 5) is 13.1. The molecule has 208 valence electrons. The molecule has 1 amide bonds. The Balaban J connectivity index is 1.57. The standard InChI is InChI=1S/C32H36N4O3S/c1-22(2)27-13-15-29(16-14-27)35(40(38,39)30-17-11-23(3)12-18-30)21-32(37)34-33-20-28-19-25(5)36(26(28)6)31-10-8-7-9-24(31)4/h7-20,22H,21H2,1-6H3,(H,34,37)/b33-20-. The summed E-state index contributed by atoms with van der Waals surface area (Å²) in [5, 5.41) is 4.16. The summed E-state index contributed by atoms with van der Waals surface area (Å²) in [6.07, 6.45) is 1.59. The van der Waals surface area contributed by atoms with E-state index in [2.05, 4.69) is 48.0 Å². The van der Waals surface area contributed by atoms with E-state index < -0.39 is 22.5 Å². The van der Waals surface area contributed by atoms with Gasteiger partial charge in [-0.1, -0.05) is 61.9 Å². The van der Waals surface area contributed by atoms with Gasteiger partial charge in [-0.25, -0.2) is 13.8 Å². The van der Waals surface area contributed by atoms with E-state index >= 15 is 0 Å². The van der Waals surface area contributed by atoms with Crippen LogP contribution in [0.2, 0.25) is 0 Å². The van der Waals surface area contributed by atoms with Gasteiger partial charge in [0, 0.05) is 22.6 Å². The molecule has 0 fully saturated rings. The quantitative estimate of drug-likeness (QED) is 0.197. The van der Waals surface area contributed by atoms with Gasteiger partial charge in [-0.15, -0.1) is 0 Å². The van der Waals surface area contributed by atoms with Crippen molar-refractivity contribution in [1.29, 1.82) is 0 Å². The average molecular weight is 557 g/mol. The molecule has 8 heteroatoms. The van der Waals surface area contributed by atoms with Crippen molar-refractivity contribution in [3.8, 4) is 5.69 Å². The minimum absolute atomic E-state index is 0.117. The fraction of sp³-hybridized carbons (Fsp3) is 0.250. The van der Waals surface area contributed by atoms with Crippen molar-refractivity contribution in [3.63, 3.8) is 0 Å². The first-order valence-corrected chi connectivity index (χ1v) is 14.7. The molecule has 1 heterocycles. The molecule has 1 N–H and O–H groups in total. The summed E-state index contributed by atoms with van der Waals surface area (Å²) in [7, 11) is -4.00. The zero-order valence-corrected chi connectivity index (χ0v) is 24.7. The van der Waals surface area contributed by atoms with Gasteiger partial charge in [0.25, 0.3) is 15.9 Å². The zero-order valence-electron chi connectivity index (χ0n) is 23.8. The van der Waals surface area contributed by atoms with Crippen molar-refractivity contribution >= 4 is 27.8 Å². The lowest BCUT2D eigenvalue weighted by Crippen LogP contribution is -2.39. The van der Waals surface area contributed by atoms with Crippen molar-refractivity contribution < 1.29 is 13.2 Å². The lowest BCUT2D eigenvalue weighted by atomic mass is 10.0. The van der Waals surface area contributed by atoms with Crippen molar-refractivity contribution in [2.45, 2.75) is 52.4 Å². The Morgan fingerprint density at radius 3 is 2.23 bits per heavy atom. The highest BCUT2D eigenvalue weighted by Gasteiger charge is 2.27. The van der Waals surface area contributed by atoms with Crippen LogP contribution in [-0.2, 0) is 14.8 Å². The second kappa shape index (κ2) is 11.9. The maximum absolute atomic E-state index is 13.6. The average Bonchev–Trinajstić information content (AvgIpc) is 3.20. The predicted molar refractivity (Wildman–Crippen MR) is 162 cm³/mol. The number of sulfonamides is 1. The van der Waals surface area contributed by atoms with Crippen LogP contribution in [0, 0.1) is 27.7 Å². The van der Waals surface area contributed by atoms with Crippen molar-refractivity contribution in [2.24, 2.45) is 5.10 Å². The molecular weight excluding hydrogens is 520 g/mol. The van der Waals surface area contributed by atoms with E-state index in [0.717, 1.165) is 43.6 Å². The Kier molecular flexibility index (Phi) is 8.59. The summed E-state index contributed by atoms with van der Waals surface area (Å²) in [5.74, 6) is -0.255. The van der Waals surface area contributed by atoms with Crippen LogP contribution < -0.4 is 9.73 Å². The molecule has 0 saturated heterocycles. The summed E-state index contributed by atoms with van der Waals surface area (Å²) in [5.41, 5.74) is 10.1. The molecule has 0 radical (unpaired) electrons. The third-order valence-electron chi connectivity index (χ3n) is 6.96. The number of hydrogen-bond donors (Lipinski definition) is 1. The number of anilines is 1. The monoisotopic (exact) mass is 556 g/mol. The van der Waals surface area contributed by atoms with Gasteiger partial charge < -0.3 is 4.57 Å². The Bertz CT molecular complexity index is 1630. The smallest absolute Gasteiger partial charge is 0.264 e. The third-order valence-corrected chi connectivity index (χ3v) is 8.75. The Morgan fingerprint density at radius 2 is 1.60 bits per heavy atom. The Morgan fingerprint density at radius 1 is 0.950 bits per heavy atom. The topological polar surface area (TPSA) is 83.8 Å². The van der Waals surface area contributed by atoms with Crippen LogP contribution in [0.3, 0.4) is 0 Å². The number of amides is 1. The van der Waals surface area contributed by atoms with Gasteiger partial charge in [-0.05, 0) is 81.1 Å². The minimum Gasteiger partial charge on any atom is -0.318 e. The molecule has 0 spiro atoms. The van der Waals surface area contributed by atoms with E-state index in [0.29, 0.717) is 11.6 Å². The summed E-state index contributed by atoms with van der Waals surface area (Å²) < 4.78 is 30.6. The molecular formula is C32H36N4O3S. The summed E-state index contributed by atoms with van der Waals surface area (Å²) in [6.45, 7) is 11.7. The lowest BCUT2D eigenvalue weighted by Gasteiger charge is -2.24. The first kappa shape index (κ1) is 28.8. The normalized spacial score (nSPS) is 11.8. The van der Waals surface area contributed by atoms with Gasteiger partial charge in [-0.2, -0.15) is 5.10 Å². The van der Waals surface area contributed by atoms with Gasteiger partial charge >= 0.3 is 0 Å². The number of nitrogens with one attached hydrogen (secondary N) is 1. The Labute approximate surface area is 237 Å². The zero-order chi connectivity index (χ0) is 29.0. The molecule has 3 aromatic carbocycles. The predicted octanol–water partition coefficient (Wildman–Crippen LogP) is 6.18. The van der Waals surface area contributed by atoms with Crippen molar-refractivity contribution in [3.05, 3.63) is 113 Å². The number of rotatable bonds is 9. The molecule has 40 heavy (non-hydrogen) atoms. The second-order valence-corrected chi connectivity index (χ2v) is 12.2. The van der Waals surface area contributed by atoms with Crippen LogP contribution in [0.5, 0.6) is 0 Å². The van der Waals surface area contributed by atoms with Crippen LogP contribution in [0.15, 0.2) is 88.9 Å². The molecule has 0 atom stereocenters. The van der Waals surface area contributed by atoms with Crippen LogP contribution in [-0.4, -0.2) is 31.7 Å². The Hall–Kier alpha value is -4.17. The fourth-order valence-corrected chi connectivity index (χ4v) is 6.04. The van der Waals surface area contributed by atoms with Crippen LogP contribution in [0.4, 0.5) is 5.69 Å². The number of benzene rings is 3. The molecule has 4 rings (SSSR count). The van der Waals surface area contributed by atoms with E-state index in [9.17, 15) is 13.2 Å². The maximum Gasteiger partial charge on any atom is 0.264 e. The molecule has 7 nitrogen and oxygen atoms in total. The highest BCUT2D eigenvalue weighted by atomic mass is 32.2. The van der Waals surface area contributed by atoms with E-state index in [1.807, 2.05) is 51.1 Å². The number of hydrogen-bond acceptors (Lipinski definition) is 4. The molecule has 1 aromatic heterocycles. The number of aromatic nitrogens is 1. The molecule has 0 aliphatic heterocycles. The second-order valence-electron chi connectivity index (χ2n) is 10.3. The van der Waals surface area contributed by atoms with Gasteiger partial charge in [0.05, 0.1) is 16.8 Å². The van der Waals surface area contributed by atoms with E-state index in [4.69, 9.17) is 0 Å². The van der Waals surface area contributed by atoms with E-state index in [1.54, 1.807) is 42.6 Å². The SMILES string of the molecule is Cc1ccc(S(=O)(=O)N(CC(=O)N/N=C\c2cc(C)n(-c3ccccc3C)c2C)c2ccc(C(C)C)cc2)cc1. The third kappa shape index (κ3) is 6.18. The number of carbonyl (C=O) groups is 1. The molecule has 0 saturated carbocycles. The highest BCUT2D eigenvalue weighted by molar-refractivity contribution is 7.92. The number of para-hydroxylation sites is 1. The fourth-order valence-electron chi connectivity index (χ4n) is 4.62. The summed E-state index contributed by atoms with van der Waals surface area (Å²) in [6, 6.07) is 24.0. The molecule has 0 aliphatic rings. The summed E-state index contributed by atoms with van der Waals surface area (Å²) >= 11 is 0. The van der Waals surface area contributed by atoms with Crippen LogP contribution >= 0.6 is 0 Å². The van der Waals surface area contributed by atoms with E-state index in [1.165, 1.54) is 0 Å². The largest absolute Gasteiger partial charge is 0.318 e. The van der Waals surface area contributed by atoms with Crippen LogP contribution in [0.1, 0.15) is 53.4 Å².